The number of rotatable bonds is 6. The van der Waals surface area contributed by atoms with Crippen molar-refractivity contribution < 1.29 is 19.4 Å². The highest BCUT2D eigenvalue weighted by atomic mass is 16.5. The Labute approximate surface area is 139 Å². The Kier molecular flexibility index (Phi) is 5.47. The van der Waals surface area contributed by atoms with E-state index in [2.05, 4.69) is 15.3 Å². The number of carbonyl (C=O) groups excluding carboxylic acids is 1. The van der Waals surface area contributed by atoms with Crippen molar-refractivity contribution in [1.82, 2.24) is 15.3 Å². The summed E-state index contributed by atoms with van der Waals surface area (Å²) in [6.07, 6.45) is 1.65. The second-order valence-corrected chi connectivity index (χ2v) is 5.40. The molecule has 0 bridgehead atoms. The van der Waals surface area contributed by atoms with E-state index in [0.29, 0.717) is 34.8 Å². The fourth-order valence-electron chi connectivity index (χ4n) is 2.32. The van der Waals surface area contributed by atoms with Gasteiger partial charge in [0, 0.05) is 11.8 Å². The zero-order valence-corrected chi connectivity index (χ0v) is 13.8. The number of hydrogen-bond donors (Lipinski definition) is 2. The molecule has 0 radical (unpaired) electrons. The van der Waals surface area contributed by atoms with Gasteiger partial charge in [-0.05, 0) is 50.1 Å². The lowest BCUT2D eigenvalue weighted by atomic mass is 10.1. The van der Waals surface area contributed by atoms with Crippen LogP contribution in [0.1, 0.15) is 33.0 Å². The molecule has 2 N–H and O–H groups in total. The summed E-state index contributed by atoms with van der Waals surface area (Å²) >= 11 is 0. The van der Waals surface area contributed by atoms with Gasteiger partial charge in [0.05, 0.1) is 12.2 Å². The van der Waals surface area contributed by atoms with Crippen LogP contribution in [0, 0.1) is 20.8 Å². The standard InChI is InChI=1S/C17H19N3O4/c1-10-6-13(7-11(2)16(10)24-9-15(21)22)17(23)19-8-14-4-5-18-12(3)20-14/h4-7H,8-9H2,1-3H3,(H,19,23)(H,21,22). The first-order valence-electron chi connectivity index (χ1n) is 7.39. The summed E-state index contributed by atoms with van der Waals surface area (Å²) < 4.78 is 5.26. The largest absolute Gasteiger partial charge is 0.481 e. The molecule has 7 nitrogen and oxygen atoms in total. The van der Waals surface area contributed by atoms with Crippen LogP contribution in [0.4, 0.5) is 0 Å². The molecule has 0 fully saturated rings. The Morgan fingerprint density at radius 1 is 1.21 bits per heavy atom. The summed E-state index contributed by atoms with van der Waals surface area (Å²) in [6, 6.07) is 5.09. The number of carboxylic acid groups (broad SMARTS) is 1. The van der Waals surface area contributed by atoms with E-state index < -0.39 is 12.6 Å². The van der Waals surface area contributed by atoms with Gasteiger partial charge in [0.25, 0.3) is 5.91 Å². The molecule has 24 heavy (non-hydrogen) atoms. The van der Waals surface area contributed by atoms with Crippen LogP contribution in [0.2, 0.25) is 0 Å². The SMILES string of the molecule is Cc1nccc(CNC(=O)c2cc(C)c(OCC(=O)O)c(C)c2)n1. The Morgan fingerprint density at radius 3 is 2.46 bits per heavy atom. The number of nitrogens with zero attached hydrogens (tertiary/aromatic N) is 2. The number of benzene rings is 1. The summed E-state index contributed by atoms with van der Waals surface area (Å²) in [4.78, 5) is 31.1. The highest BCUT2D eigenvalue weighted by Crippen LogP contribution is 2.24. The highest BCUT2D eigenvalue weighted by Gasteiger charge is 2.13. The van der Waals surface area contributed by atoms with Crippen molar-refractivity contribution in [3.8, 4) is 5.75 Å². The number of nitrogens with one attached hydrogen (secondary N) is 1. The van der Waals surface area contributed by atoms with Gasteiger partial charge in [-0.1, -0.05) is 0 Å². The Balaban J connectivity index is 2.08. The lowest BCUT2D eigenvalue weighted by molar-refractivity contribution is -0.139. The summed E-state index contributed by atoms with van der Waals surface area (Å²) in [5.41, 5.74) is 2.63. The normalized spacial score (nSPS) is 10.3. The molecule has 0 atom stereocenters. The number of aliphatic carboxylic acids is 1. The Hall–Kier alpha value is -2.96. The molecule has 1 amide bonds. The first-order valence-corrected chi connectivity index (χ1v) is 7.39. The van der Waals surface area contributed by atoms with Gasteiger partial charge in [-0.3, -0.25) is 4.79 Å². The van der Waals surface area contributed by atoms with Gasteiger partial charge in [0.2, 0.25) is 0 Å². The van der Waals surface area contributed by atoms with Crippen LogP contribution in [-0.4, -0.2) is 33.6 Å². The number of ether oxygens (including phenoxy) is 1. The van der Waals surface area contributed by atoms with Crippen LogP contribution in [0.25, 0.3) is 0 Å². The average molecular weight is 329 g/mol. The third kappa shape index (κ3) is 4.52. The minimum Gasteiger partial charge on any atom is -0.481 e. The fourth-order valence-corrected chi connectivity index (χ4v) is 2.32. The third-order valence-electron chi connectivity index (χ3n) is 3.33. The van der Waals surface area contributed by atoms with Crippen LogP contribution in [0.5, 0.6) is 5.75 Å². The maximum Gasteiger partial charge on any atom is 0.341 e. The number of carbonyl (C=O) groups is 2. The topological polar surface area (TPSA) is 101 Å². The monoisotopic (exact) mass is 329 g/mol. The zero-order valence-electron chi connectivity index (χ0n) is 13.8. The Morgan fingerprint density at radius 2 is 1.88 bits per heavy atom. The Bertz CT molecular complexity index is 751. The van der Waals surface area contributed by atoms with Gasteiger partial charge in [-0.15, -0.1) is 0 Å². The zero-order chi connectivity index (χ0) is 17.7. The van der Waals surface area contributed by atoms with Crippen molar-refractivity contribution in [2.75, 3.05) is 6.61 Å². The van der Waals surface area contributed by atoms with Gasteiger partial charge < -0.3 is 15.2 Å². The maximum atomic E-state index is 12.3. The molecule has 126 valence electrons. The molecular formula is C17H19N3O4. The fraction of sp³-hybridized carbons (Fsp3) is 0.294. The van der Waals surface area contributed by atoms with Crippen LogP contribution in [0.3, 0.4) is 0 Å². The quantitative estimate of drug-likeness (QED) is 0.838. The molecule has 1 aromatic carbocycles. The van der Waals surface area contributed by atoms with E-state index in [1.807, 2.05) is 0 Å². The lowest BCUT2D eigenvalue weighted by Gasteiger charge is -2.13. The average Bonchev–Trinajstić information content (AvgIpc) is 2.51. The number of amides is 1. The number of aromatic nitrogens is 2. The van der Waals surface area contributed by atoms with Gasteiger partial charge in [-0.25, -0.2) is 14.8 Å². The molecule has 0 unspecified atom stereocenters. The predicted octanol–water partition coefficient (Wildman–Crippen LogP) is 1.80. The molecule has 0 aliphatic carbocycles. The van der Waals surface area contributed by atoms with Crippen molar-refractivity contribution in [3.63, 3.8) is 0 Å². The van der Waals surface area contributed by atoms with Crippen LogP contribution < -0.4 is 10.1 Å². The van der Waals surface area contributed by atoms with Gasteiger partial charge in [0.1, 0.15) is 11.6 Å². The van der Waals surface area contributed by atoms with E-state index in [0.717, 1.165) is 5.69 Å². The van der Waals surface area contributed by atoms with E-state index in [9.17, 15) is 9.59 Å². The van der Waals surface area contributed by atoms with Gasteiger partial charge in [-0.2, -0.15) is 0 Å². The number of hydrogen-bond acceptors (Lipinski definition) is 5. The molecule has 0 saturated heterocycles. The molecule has 1 heterocycles. The predicted molar refractivity (Wildman–Crippen MR) is 87.0 cm³/mol. The first kappa shape index (κ1) is 17.4. The molecule has 0 aliphatic rings. The second-order valence-electron chi connectivity index (χ2n) is 5.40. The first-order chi connectivity index (χ1) is 11.4. The molecule has 7 heteroatoms. The van der Waals surface area contributed by atoms with E-state index in [-0.39, 0.29) is 5.91 Å². The van der Waals surface area contributed by atoms with Crippen LogP contribution in [-0.2, 0) is 11.3 Å². The summed E-state index contributed by atoms with van der Waals surface area (Å²) in [5.74, 6) is -0.147. The summed E-state index contributed by atoms with van der Waals surface area (Å²) in [5, 5.41) is 11.5. The molecule has 0 saturated carbocycles. The van der Waals surface area contributed by atoms with E-state index in [1.165, 1.54) is 0 Å². The maximum absolute atomic E-state index is 12.3. The van der Waals surface area contributed by atoms with Crippen molar-refractivity contribution in [2.45, 2.75) is 27.3 Å². The van der Waals surface area contributed by atoms with E-state index in [4.69, 9.17) is 9.84 Å². The molecule has 2 rings (SSSR count). The smallest absolute Gasteiger partial charge is 0.341 e. The van der Waals surface area contributed by atoms with Crippen molar-refractivity contribution in [1.29, 1.82) is 0 Å². The minimum absolute atomic E-state index is 0.234. The number of aryl methyl sites for hydroxylation is 3. The molecule has 0 spiro atoms. The van der Waals surface area contributed by atoms with E-state index >= 15 is 0 Å². The number of carboxylic acids is 1. The van der Waals surface area contributed by atoms with Crippen molar-refractivity contribution >= 4 is 11.9 Å². The molecule has 1 aromatic heterocycles. The summed E-state index contributed by atoms with van der Waals surface area (Å²) in [6.45, 7) is 5.22. The molecular weight excluding hydrogens is 310 g/mol. The third-order valence-corrected chi connectivity index (χ3v) is 3.33. The van der Waals surface area contributed by atoms with Crippen molar-refractivity contribution in [2.24, 2.45) is 0 Å². The van der Waals surface area contributed by atoms with Crippen molar-refractivity contribution in [3.05, 3.63) is 52.6 Å². The van der Waals surface area contributed by atoms with Crippen LogP contribution >= 0.6 is 0 Å². The van der Waals surface area contributed by atoms with E-state index in [1.54, 1.807) is 45.2 Å². The molecule has 0 aliphatic heterocycles. The van der Waals surface area contributed by atoms with Gasteiger partial charge >= 0.3 is 5.97 Å². The minimum atomic E-state index is -1.05. The molecule has 2 aromatic rings. The van der Waals surface area contributed by atoms with Gasteiger partial charge in [0.15, 0.2) is 6.61 Å². The second kappa shape index (κ2) is 7.54. The highest BCUT2D eigenvalue weighted by molar-refractivity contribution is 5.94. The lowest BCUT2D eigenvalue weighted by Crippen LogP contribution is -2.24. The summed E-state index contributed by atoms with van der Waals surface area (Å²) in [7, 11) is 0. The van der Waals surface area contributed by atoms with Crippen LogP contribution in [0.15, 0.2) is 24.4 Å².